The van der Waals surface area contributed by atoms with Crippen LogP contribution in [0.5, 0.6) is 0 Å². The summed E-state index contributed by atoms with van der Waals surface area (Å²) in [6, 6.07) is 10.1. The third-order valence-electron chi connectivity index (χ3n) is 5.37. The second-order valence-corrected chi connectivity index (χ2v) is 8.08. The van der Waals surface area contributed by atoms with Crippen LogP contribution in [0, 0.1) is 10.1 Å². The molecule has 0 aromatic heterocycles. The number of benzene rings is 3. The number of imide groups is 1. The summed E-state index contributed by atoms with van der Waals surface area (Å²) in [5.74, 6) is -3.61. The molecule has 1 aliphatic rings. The Hall–Kier alpha value is -4.58. The van der Waals surface area contributed by atoms with Crippen LogP contribution in [0.1, 0.15) is 47.0 Å². The number of carbonyl (C=O) groups excluding carboxylic acids is 4. The molecule has 0 atom stereocenters. The van der Waals surface area contributed by atoms with E-state index >= 15 is 0 Å². The van der Waals surface area contributed by atoms with Gasteiger partial charge in [-0.05, 0) is 48.5 Å². The van der Waals surface area contributed by atoms with Crippen LogP contribution in [0.4, 0.5) is 24.5 Å². The SMILES string of the molecule is O=C(COC(=O)c1ccc2c(c1)C(=O)N(c1cc(C(F)(F)F)ccc1Cl)C2=O)c1ccc([N+](=O)[O-])cc1. The molecule has 0 radical (unpaired) electrons. The molecule has 188 valence electrons. The minimum atomic E-state index is -4.75. The first-order valence-corrected chi connectivity index (χ1v) is 10.6. The standard InChI is InChI=1S/C24H12ClF3N2O7/c25-18-8-4-14(24(26,27)28)10-19(18)29-21(32)16-7-3-13(9-17(16)22(29)33)23(34)37-11-20(31)12-1-5-15(6-2-12)30(35)36/h1-10H,11H2. The van der Waals surface area contributed by atoms with Crippen molar-refractivity contribution in [1.82, 2.24) is 0 Å². The van der Waals surface area contributed by atoms with E-state index in [4.69, 9.17) is 16.3 Å². The average molecular weight is 533 g/mol. The van der Waals surface area contributed by atoms with Crippen molar-refractivity contribution in [2.24, 2.45) is 0 Å². The number of hydrogen-bond donors (Lipinski definition) is 0. The molecule has 13 heteroatoms. The molecule has 1 aliphatic heterocycles. The Morgan fingerprint density at radius 3 is 2.16 bits per heavy atom. The molecule has 4 rings (SSSR count). The van der Waals surface area contributed by atoms with Gasteiger partial charge in [-0.25, -0.2) is 9.69 Å². The normalized spacial score (nSPS) is 12.9. The molecule has 3 aromatic rings. The molecule has 0 aliphatic carbocycles. The maximum absolute atomic E-state index is 13.1. The third kappa shape index (κ3) is 4.91. The van der Waals surface area contributed by atoms with Crippen molar-refractivity contribution in [3.05, 3.63) is 104 Å². The summed E-state index contributed by atoms with van der Waals surface area (Å²) in [4.78, 5) is 61.0. The minimum Gasteiger partial charge on any atom is -0.454 e. The van der Waals surface area contributed by atoms with Gasteiger partial charge >= 0.3 is 12.1 Å². The molecule has 0 bridgehead atoms. The number of ether oxygens (including phenoxy) is 1. The van der Waals surface area contributed by atoms with Crippen LogP contribution < -0.4 is 4.90 Å². The van der Waals surface area contributed by atoms with Gasteiger partial charge in [-0.2, -0.15) is 13.2 Å². The van der Waals surface area contributed by atoms with Crippen LogP contribution in [0.3, 0.4) is 0 Å². The highest BCUT2D eigenvalue weighted by atomic mass is 35.5. The van der Waals surface area contributed by atoms with Gasteiger partial charge in [0.2, 0.25) is 0 Å². The summed E-state index contributed by atoms with van der Waals surface area (Å²) in [5.41, 5.74) is -2.40. The van der Waals surface area contributed by atoms with Gasteiger partial charge in [0.05, 0.1) is 37.9 Å². The number of hydrogen-bond acceptors (Lipinski definition) is 7. The van der Waals surface area contributed by atoms with Crippen molar-refractivity contribution in [3.63, 3.8) is 0 Å². The van der Waals surface area contributed by atoms with Crippen LogP contribution in [-0.4, -0.2) is 35.1 Å². The second kappa shape index (κ2) is 9.47. The van der Waals surface area contributed by atoms with E-state index in [1.54, 1.807) is 0 Å². The summed E-state index contributed by atoms with van der Waals surface area (Å²) < 4.78 is 44.4. The van der Waals surface area contributed by atoms with Gasteiger partial charge in [0, 0.05) is 17.7 Å². The van der Waals surface area contributed by atoms with Crippen molar-refractivity contribution in [2.75, 3.05) is 11.5 Å². The highest BCUT2D eigenvalue weighted by molar-refractivity contribution is 6.40. The van der Waals surface area contributed by atoms with Gasteiger partial charge in [0.1, 0.15) is 0 Å². The molecule has 0 saturated heterocycles. The van der Waals surface area contributed by atoms with E-state index in [0.717, 1.165) is 36.4 Å². The minimum absolute atomic E-state index is 0.0572. The van der Waals surface area contributed by atoms with E-state index in [1.165, 1.54) is 12.1 Å². The summed E-state index contributed by atoms with van der Waals surface area (Å²) in [7, 11) is 0. The van der Waals surface area contributed by atoms with E-state index in [0.29, 0.717) is 17.0 Å². The van der Waals surface area contributed by atoms with Crippen LogP contribution in [0.25, 0.3) is 0 Å². The maximum Gasteiger partial charge on any atom is 0.416 e. The molecule has 0 fully saturated rings. The third-order valence-corrected chi connectivity index (χ3v) is 5.69. The number of anilines is 1. The fourth-order valence-electron chi connectivity index (χ4n) is 3.51. The number of rotatable bonds is 6. The Morgan fingerprint density at radius 2 is 1.54 bits per heavy atom. The molecule has 0 spiro atoms. The molecule has 1 heterocycles. The number of esters is 1. The van der Waals surface area contributed by atoms with E-state index in [-0.39, 0.29) is 33.0 Å². The van der Waals surface area contributed by atoms with Crippen LogP contribution in [-0.2, 0) is 10.9 Å². The molecule has 2 amide bonds. The lowest BCUT2D eigenvalue weighted by molar-refractivity contribution is -0.384. The number of halogens is 4. The van der Waals surface area contributed by atoms with Gasteiger partial charge in [0.15, 0.2) is 12.4 Å². The van der Waals surface area contributed by atoms with Crippen molar-refractivity contribution >= 4 is 46.5 Å². The molecule has 37 heavy (non-hydrogen) atoms. The number of nitro benzene ring substituents is 1. The number of nitrogens with zero attached hydrogens (tertiary/aromatic N) is 2. The molecule has 9 nitrogen and oxygen atoms in total. The lowest BCUT2D eigenvalue weighted by atomic mass is 10.1. The summed E-state index contributed by atoms with van der Waals surface area (Å²) in [6.07, 6.45) is -4.75. The molecule has 3 aromatic carbocycles. The van der Waals surface area contributed by atoms with Crippen molar-refractivity contribution in [1.29, 1.82) is 0 Å². The topological polar surface area (TPSA) is 124 Å². The Bertz CT molecular complexity index is 1490. The van der Waals surface area contributed by atoms with Gasteiger partial charge in [0.25, 0.3) is 17.5 Å². The molecule has 0 saturated carbocycles. The van der Waals surface area contributed by atoms with Gasteiger partial charge in [-0.3, -0.25) is 24.5 Å². The monoisotopic (exact) mass is 532 g/mol. The Kier molecular flexibility index (Phi) is 6.53. The van der Waals surface area contributed by atoms with Gasteiger partial charge in [-0.15, -0.1) is 0 Å². The number of alkyl halides is 3. The lowest BCUT2D eigenvalue weighted by Crippen LogP contribution is -2.30. The van der Waals surface area contributed by atoms with Crippen molar-refractivity contribution in [3.8, 4) is 0 Å². The first kappa shape index (κ1) is 25.5. The zero-order valence-electron chi connectivity index (χ0n) is 18.2. The number of nitro groups is 1. The van der Waals surface area contributed by atoms with E-state index in [9.17, 15) is 42.5 Å². The van der Waals surface area contributed by atoms with Crippen molar-refractivity contribution < 1.29 is 42.0 Å². The Morgan fingerprint density at radius 1 is 0.919 bits per heavy atom. The molecule has 0 N–H and O–H groups in total. The number of ketones is 1. The predicted octanol–water partition coefficient (Wildman–Crippen LogP) is 5.11. The van der Waals surface area contributed by atoms with Gasteiger partial charge in [-0.1, -0.05) is 11.6 Å². The fraction of sp³-hybridized carbons (Fsp3) is 0.0833. The molecular weight excluding hydrogens is 521 g/mol. The fourth-order valence-corrected chi connectivity index (χ4v) is 3.72. The summed E-state index contributed by atoms with van der Waals surface area (Å²) in [6.45, 7) is -0.716. The highest BCUT2D eigenvalue weighted by Gasteiger charge is 2.40. The van der Waals surface area contributed by atoms with Crippen LogP contribution in [0.15, 0.2) is 60.7 Å². The van der Waals surface area contributed by atoms with Crippen LogP contribution in [0.2, 0.25) is 5.02 Å². The number of carbonyl (C=O) groups is 4. The smallest absolute Gasteiger partial charge is 0.416 e. The Labute approximate surface area is 210 Å². The second-order valence-electron chi connectivity index (χ2n) is 7.67. The summed E-state index contributed by atoms with van der Waals surface area (Å²) in [5, 5.41) is 10.4. The predicted molar refractivity (Wildman–Crippen MR) is 122 cm³/mol. The zero-order chi connectivity index (χ0) is 27.1. The number of amides is 2. The number of Topliss-reactive ketones (excluding diaryl/α,β-unsaturated/α-hetero) is 1. The quantitative estimate of drug-likeness (QED) is 0.142. The van der Waals surface area contributed by atoms with E-state index in [1.807, 2.05) is 0 Å². The Balaban J connectivity index is 1.52. The van der Waals surface area contributed by atoms with Crippen molar-refractivity contribution in [2.45, 2.75) is 6.18 Å². The van der Waals surface area contributed by atoms with E-state index < -0.39 is 52.5 Å². The summed E-state index contributed by atoms with van der Waals surface area (Å²) >= 11 is 5.97. The number of fused-ring (bicyclic) bond motifs is 1. The molecular formula is C24H12ClF3N2O7. The zero-order valence-corrected chi connectivity index (χ0v) is 19.0. The highest BCUT2D eigenvalue weighted by Crippen LogP contribution is 2.38. The largest absolute Gasteiger partial charge is 0.454 e. The first-order chi connectivity index (χ1) is 17.4. The number of non-ortho nitro benzene ring substituents is 1. The van der Waals surface area contributed by atoms with E-state index in [2.05, 4.69) is 0 Å². The van der Waals surface area contributed by atoms with Gasteiger partial charge < -0.3 is 4.74 Å². The average Bonchev–Trinajstić information content (AvgIpc) is 3.11. The first-order valence-electron chi connectivity index (χ1n) is 10.2. The maximum atomic E-state index is 13.1. The molecule has 0 unspecified atom stereocenters. The lowest BCUT2D eigenvalue weighted by Gasteiger charge is -2.17. The van der Waals surface area contributed by atoms with Crippen LogP contribution >= 0.6 is 11.6 Å².